The minimum absolute atomic E-state index is 0.0486. The molecule has 0 aromatic heterocycles. The number of nitrogens with zero attached hydrogens (tertiary/aromatic N) is 1. The van der Waals surface area contributed by atoms with E-state index in [-0.39, 0.29) is 6.10 Å². The number of likely N-dealkylation sites (tertiary alicyclic amines) is 1. The van der Waals surface area contributed by atoms with Gasteiger partial charge >= 0.3 is 0 Å². The Kier molecular flexibility index (Phi) is 8.03. The maximum atomic E-state index is 6.16. The molecule has 4 heteroatoms. The lowest BCUT2D eigenvalue weighted by Crippen LogP contribution is -2.31. The normalized spacial score (nSPS) is 16.1. The highest BCUT2D eigenvalue weighted by atomic mass is 79.9. The molecule has 2 aromatic carbocycles. The summed E-state index contributed by atoms with van der Waals surface area (Å²) in [5, 5.41) is 0. The first-order valence-electron chi connectivity index (χ1n) is 10.1. The van der Waals surface area contributed by atoms with Crippen molar-refractivity contribution in [2.75, 3.05) is 26.2 Å². The molecule has 2 aromatic rings. The number of halogens is 1. The van der Waals surface area contributed by atoms with Crippen LogP contribution in [0.4, 0.5) is 0 Å². The second-order valence-corrected chi connectivity index (χ2v) is 8.06. The smallest absolute Gasteiger partial charge is 0.123 e. The Bertz CT molecular complexity index is 683. The van der Waals surface area contributed by atoms with Gasteiger partial charge in [0.05, 0.1) is 6.61 Å². The first-order valence-corrected chi connectivity index (χ1v) is 10.9. The van der Waals surface area contributed by atoms with Crippen molar-refractivity contribution in [1.29, 1.82) is 0 Å². The number of ether oxygens (including phenoxy) is 2. The largest absolute Gasteiger partial charge is 0.494 e. The number of piperidine rings is 1. The van der Waals surface area contributed by atoms with Gasteiger partial charge in [-0.1, -0.05) is 47.5 Å². The third-order valence-electron chi connectivity index (χ3n) is 5.03. The van der Waals surface area contributed by atoms with Crippen LogP contribution in [0.25, 0.3) is 0 Å². The molecule has 1 aliphatic rings. The Hall–Kier alpha value is -1.52. The second-order valence-electron chi connectivity index (χ2n) is 7.15. The molecule has 0 N–H and O–H groups in total. The van der Waals surface area contributed by atoms with Crippen LogP contribution >= 0.6 is 15.9 Å². The third kappa shape index (κ3) is 6.54. The molecule has 0 bridgehead atoms. The van der Waals surface area contributed by atoms with E-state index in [0.29, 0.717) is 0 Å². The maximum Gasteiger partial charge on any atom is 0.123 e. The average molecular weight is 432 g/mol. The van der Waals surface area contributed by atoms with Crippen LogP contribution in [0.5, 0.6) is 11.5 Å². The summed E-state index contributed by atoms with van der Waals surface area (Å²) in [6.07, 6.45) is 6.15. The van der Waals surface area contributed by atoms with Crippen LogP contribution in [0.15, 0.2) is 53.0 Å². The molecule has 1 aliphatic heterocycles. The minimum atomic E-state index is 0.0486. The van der Waals surface area contributed by atoms with E-state index >= 15 is 0 Å². The van der Waals surface area contributed by atoms with Crippen molar-refractivity contribution in [2.24, 2.45) is 0 Å². The van der Waals surface area contributed by atoms with Crippen LogP contribution < -0.4 is 9.47 Å². The quantitative estimate of drug-likeness (QED) is 0.438. The Morgan fingerprint density at radius 1 is 1.00 bits per heavy atom. The molecule has 1 atom stereocenters. The fourth-order valence-corrected chi connectivity index (χ4v) is 3.91. The van der Waals surface area contributed by atoms with Gasteiger partial charge in [0.25, 0.3) is 0 Å². The van der Waals surface area contributed by atoms with Crippen LogP contribution in [0, 0.1) is 0 Å². The summed E-state index contributed by atoms with van der Waals surface area (Å²) >= 11 is 3.50. The van der Waals surface area contributed by atoms with E-state index < -0.39 is 0 Å². The zero-order valence-corrected chi connectivity index (χ0v) is 17.8. The first kappa shape index (κ1) is 20.2. The van der Waals surface area contributed by atoms with Gasteiger partial charge in [0.2, 0.25) is 0 Å². The van der Waals surface area contributed by atoms with E-state index in [2.05, 4.69) is 52.0 Å². The predicted molar refractivity (Wildman–Crippen MR) is 115 cm³/mol. The minimum Gasteiger partial charge on any atom is -0.494 e. The van der Waals surface area contributed by atoms with E-state index in [1.54, 1.807) is 0 Å². The fourth-order valence-electron chi connectivity index (χ4n) is 3.53. The average Bonchev–Trinajstić information content (AvgIpc) is 2.71. The standard InChI is InChI=1S/C23H30BrNO2/c1-2-23(27-22-9-6-8-20(24)18-22)19-10-12-21(13-11-19)26-17-7-16-25-14-4-3-5-15-25/h6,8-13,18,23H,2-5,7,14-17H2,1H3. The van der Waals surface area contributed by atoms with E-state index in [4.69, 9.17) is 9.47 Å². The van der Waals surface area contributed by atoms with Crippen LogP contribution in [-0.2, 0) is 0 Å². The van der Waals surface area contributed by atoms with E-state index in [0.717, 1.165) is 42.0 Å². The lowest BCUT2D eigenvalue weighted by Gasteiger charge is -2.26. The predicted octanol–water partition coefficient (Wildman–Crippen LogP) is 6.23. The number of benzene rings is 2. The SMILES string of the molecule is CCC(Oc1cccc(Br)c1)c1ccc(OCCCN2CCCCC2)cc1. The van der Waals surface area contributed by atoms with Gasteiger partial charge in [-0.05, 0) is 74.7 Å². The summed E-state index contributed by atoms with van der Waals surface area (Å²) in [5.41, 5.74) is 1.18. The van der Waals surface area contributed by atoms with Crippen molar-refractivity contribution < 1.29 is 9.47 Å². The molecule has 1 unspecified atom stereocenters. The van der Waals surface area contributed by atoms with Gasteiger partial charge in [-0.25, -0.2) is 0 Å². The van der Waals surface area contributed by atoms with Crippen molar-refractivity contribution in [1.82, 2.24) is 4.90 Å². The van der Waals surface area contributed by atoms with Gasteiger partial charge in [-0.3, -0.25) is 0 Å². The van der Waals surface area contributed by atoms with E-state index in [1.807, 2.05) is 24.3 Å². The van der Waals surface area contributed by atoms with Crippen molar-refractivity contribution >= 4 is 15.9 Å². The molecule has 0 spiro atoms. The van der Waals surface area contributed by atoms with Gasteiger partial charge in [-0.2, -0.15) is 0 Å². The van der Waals surface area contributed by atoms with Gasteiger partial charge in [0.15, 0.2) is 0 Å². The fraction of sp³-hybridized carbons (Fsp3) is 0.478. The maximum absolute atomic E-state index is 6.16. The first-order chi connectivity index (χ1) is 13.2. The van der Waals surface area contributed by atoms with Crippen LogP contribution in [0.1, 0.15) is 50.7 Å². The summed E-state index contributed by atoms with van der Waals surface area (Å²) in [6.45, 7) is 6.59. The van der Waals surface area contributed by atoms with Gasteiger partial charge in [-0.15, -0.1) is 0 Å². The molecule has 3 rings (SSSR count). The molecule has 3 nitrogen and oxygen atoms in total. The van der Waals surface area contributed by atoms with Gasteiger partial charge < -0.3 is 14.4 Å². The van der Waals surface area contributed by atoms with Crippen molar-refractivity contribution in [3.8, 4) is 11.5 Å². The molecular weight excluding hydrogens is 402 g/mol. The van der Waals surface area contributed by atoms with Gasteiger partial charge in [0.1, 0.15) is 17.6 Å². The monoisotopic (exact) mass is 431 g/mol. The number of hydrogen-bond acceptors (Lipinski definition) is 3. The molecule has 0 saturated carbocycles. The van der Waals surface area contributed by atoms with E-state index in [1.165, 1.54) is 37.9 Å². The molecule has 146 valence electrons. The highest BCUT2D eigenvalue weighted by Crippen LogP contribution is 2.28. The topological polar surface area (TPSA) is 21.7 Å². The van der Waals surface area contributed by atoms with Crippen LogP contribution in [0.3, 0.4) is 0 Å². The lowest BCUT2D eigenvalue weighted by atomic mass is 10.1. The molecule has 0 aliphatic carbocycles. The van der Waals surface area contributed by atoms with Crippen molar-refractivity contribution in [2.45, 2.75) is 45.1 Å². The molecule has 1 heterocycles. The lowest BCUT2D eigenvalue weighted by molar-refractivity contribution is 0.200. The zero-order valence-electron chi connectivity index (χ0n) is 16.2. The van der Waals surface area contributed by atoms with Crippen LogP contribution in [0.2, 0.25) is 0 Å². The van der Waals surface area contributed by atoms with Crippen LogP contribution in [-0.4, -0.2) is 31.1 Å². The summed E-state index contributed by atoms with van der Waals surface area (Å²) in [6, 6.07) is 16.3. The number of hydrogen-bond donors (Lipinski definition) is 0. The second kappa shape index (κ2) is 10.7. The van der Waals surface area contributed by atoms with Gasteiger partial charge in [0, 0.05) is 11.0 Å². The summed E-state index contributed by atoms with van der Waals surface area (Å²) in [7, 11) is 0. The Balaban J connectivity index is 1.46. The highest BCUT2D eigenvalue weighted by molar-refractivity contribution is 9.10. The molecule has 1 fully saturated rings. The molecule has 27 heavy (non-hydrogen) atoms. The Labute approximate surface area is 171 Å². The third-order valence-corrected chi connectivity index (χ3v) is 5.53. The Morgan fingerprint density at radius 3 is 2.48 bits per heavy atom. The summed E-state index contributed by atoms with van der Waals surface area (Å²) < 4.78 is 13.1. The zero-order chi connectivity index (χ0) is 18.9. The molecular formula is C23H30BrNO2. The van der Waals surface area contributed by atoms with Crippen molar-refractivity contribution in [3.63, 3.8) is 0 Å². The summed E-state index contributed by atoms with van der Waals surface area (Å²) in [4.78, 5) is 2.56. The highest BCUT2D eigenvalue weighted by Gasteiger charge is 2.12. The summed E-state index contributed by atoms with van der Waals surface area (Å²) in [5.74, 6) is 1.82. The van der Waals surface area contributed by atoms with Crippen molar-refractivity contribution in [3.05, 3.63) is 58.6 Å². The number of rotatable bonds is 9. The van der Waals surface area contributed by atoms with E-state index in [9.17, 15) is 0 Å². The molecule has 0 radical (unpaired) electrons. The molecule has 0 amide bonds. The molecule has 1 saturated heterocycles. The Morgan fingerprint density at radius 2 is 1.78 bits per heavy atom.